The summed E-state index contributed by atoms with van der Waals surface area (Å²) in [5.74, 6) is 0.965. The Hall–Kier alpha value is -4.37. The average Bonchev–Trinajstić information content (AvgIpc) is 2.98. The SMILES string of the molecule is CN(Cc1ccc(C(F)(F)F)cc1)c1ccc(Oc2ccc(C(=O)N3CCN(Cc4ccccc4)CC3)cc2)nc1. The molecule has 1 amide bonds. The second-order valence-corrected chi connectivity index (χ2v) is 10.1. The Morgan fingerprint density at radius 1 is 0.854 bits per heavy atom. The summed E-state index contributed by atoms with van der Waals surface area (Å²) in [6.45, 7) is 4.37. The van der Waals surface area contributed by atoms with Gasteiger partial charge in [0.25, 0.3) is 5.91 Å². The zero-order chi connectivity index (χ0) is 28.8. The average molecular weight is 561 g/mol. The van der Waals surface area contributed by atoms with Gasteiger partial charge < -0.3 is 14.5 Å². The van der Waals surface area contributed by atoms with E-state index in [-0.39, 0.29) is 5.91 Å². The third kappa shape index (κ3) is 7.43. The lowest BCUT2D eigenvalue weighted by Gasteiger charge is -2.34. The van der Waals surface area contributed by atoms with Crippen LogP contribution in [0.2, 0.25) is 0 Å². The Morgan fingerprint density at radius 3 is 2.15 bits per heavy atom. The van der Waals surface area contributed by atoms with Gasteiger partial charge in [-0.25, -0.2) is 4.98 Å². The van der Waals surface area contributed by atoms with Crippen LogP contribution >= 0.6 is 0 Å². The Balaban J connectivity index is 1.11. The molecule has 212 valence electrons. The van der Waals surface area contributed by atoms with E-state index < -0.39 is 11.7 Å². The predicted octanol–water partition coefficient (Wildman–Crippen LogP) is 6.49. The third-order valence-electron chi connectivity index (χ3n) is 7.09. The van der Waals surface area contributed by atoms with E-state index in [2.05, 4.69) is 22.0 Å². The van der Waals surface area contributed by atoms with Crippen LogP contribution in [0.5, 0.6) is 11.6 Å². The number of carbonyl (C=O) groups excluding carboxylic acids is 1. The highest BCUT2D eigenvalue weighted by Gasteiger charge is 2.30. The fraction of sp³-hybridized carbons (Fsp3) is 0.250. The van der Waals surface area contributed by atoms with E-state index in [0.717, 1.165) is 43.0 Å². The lowest BCUT2D eigenvalue weighted by Crippen LogP contribution is -2.48. The number of carbonyl (C=O) groups is 1. The molecule has 1 saturated heterocycles. The molecule has 9 heteroatoms. The number of piperazine rings is 1. The number of alkyl halides is 3. The molecule has 0 unspecified atom stereocenters. The summed E-state index contributed by atoms with van der Waals surface area (Å²) >= 11 is 0. The van der Waals surface area contributed by atoms with Gasteiger partial charge in [-0.1, -0.05) is 42.5 Å². The summed E-state index contributed by atoms with van der Waals surface area (Å²) < 4.78 is 44.2. The zero-order valence-electron chi connectivity index (χ0n) is 22.7. The Morgan fingerprint density at radius 2 is 1.54 bits per heavy atom. The van der Waals surface area contributed by atoms with Gasteiger partial charge in [0.05, 0.1) is 17.4 Å². The maximum absolute atomic E-state index is 13.0. The van der Waals surface area contributed by atoms with Crippen molar-refractivity contribution in [3.05, 3.63) is 119 Å². The molecule has 1 aromatic heterocycles. The normalized spacial score (nSPS) is 14.1. The van der Waals surface area contributed by atoms with Crippen molar-refractivity contribution in [2.75, 3.05) is 38.1 Å². The van der Waals surface area contributed by atoms with Crippen LogP contribution in [0.3, 0.4) is 0 Å². The van der Waals surface area contributed by atoms with Crippen molar-refractivity contribution in [1.82, 2.24) is 14.8 Å². The second-order valence-electron chi connectivity index (χ2n) is 10.1. The number of rotatable bonds is 8. The minimum absolute atomic E-state index is 0.00877. The fourth-order valence-corrected chi connectivity index (χ4v) is 4.74. The monoisotopic (exact) mass is 560 g/mol. The van der Waals surface area contributed by atoms with Crippen molar-refractivity contribution in [1.29, 1.82) is 0 Å². The smallest absolute Gasteiger partial charge is 0.416 e. The van der Waals surface area contributed by atoms with E-state index in [1.165, 1.54) is 17.7 Å². The highest BCUT2D eigenvalue weighted by atomic mass is 19.4. The minimum atomic E-state index is -4.35. The topological polar surface area (TPSA) is 48.9 Å². The Bertz CT molecular complexity index is 1420. The number of amides is 1. The standard InChI is InChI=1S/C32H31F3N4O2/c1-37(22-25-7-11-27(12-8-25)32(33,34)35)28-13-16-30(36-21-28)41-29-14-9-26(10-15-29)31(40)39-19-17-38(18-20-39)23-24-5-3-2-4-6-24/h2-16,21H,17-20,22-23H2,1H3. The summed E-state index contributed by atoms with van der Waals surface area (Å²) in [6.07, 6.45) is -2.70. The van der Waals surface area contributed by atoms with Crippen LogP contribution < -0.4 is 9.64 Å². The minimum Gasteiger partial charge on any atom is -0.439 e. The number of benzene rings is 3. The van der Waals surface area contributed by atoms with Gasteiger partial charge in [0.2, 0.25) is 5.88 Å². The summed E-state index contributed by atoms with van der Waals surface area (Å²) in [7, 11) is 1.84. The maximum atomic E-state index is 13.0. The van der Waals surface area contributed by atoms with Gasteiger partial charge in [-0.2, -0.15) is 13.2 Å². The Kier molecular flexibility index (Phi) is 8.54. The second kappa shape index (κ2) is 12.4. The molecular formula is C32H31F3N4O2. The highest BCUT2D eigenvalue weighted by Crippen LogP contribution is 2.29. The number of hydrogen-bond acceptors (Lipinski definition) is 5. The number of nitrogens with zero attached hydrogens (tertiary/aromatic N) is 4. The summed E-state index contributed by atoms with van der Waals surface area (Å²) in [5, 5.41) is 0. The maximum Gasteiger partial charge on any atom is 0.416 e. The molecule has 0 atom stereocenters. The van der Waals surface area contributed by atoms with Crippen molar-refractivity contribution < 1.29 is 22.7 Å². The molecule has 1 aliphatic rings. The number of pyridine rings is 1. The van der Waals surface area contributed by atoms with Gasteiger partial charge in [-0.15, -0.1) is 0 Å². The van der Waals surface area contributed by atoms with Crippen molar-refractivity contribution in [3.63, 3.8) is 0 Å². The number of anilines is 1. The van der Waals surface area contributed by atoms with E-state index in [4.69, 9.17) is 4.74 Å². The summed E-state index contributed by atoms with van der Waals surface area (Å²) in [6, 6.07) is 26.1. The predicted molar refractivity (Wildman–Crippen MR) is 152 cm³/mol. The van der Waals surface area contributed by atoms with Crippen LogP contribution in [0, 0.1) is 0 Å². The molecule has 0 spiro atoms. The van der Waals surface area contributed by atoms with Crippen LogP contribution in [0.15, 0.2) is 97.2 Å². The van der Waals surface area contributed by atoms with Crippen molar-refractivity contribution in [2.45, 2.75) is 19.3 Å². The third-order valence-corrected chi connectivity index (χ3v) is 7.09. The van der Waals surface area contributed by atoms with Crippen LogP contribution in [0.25, 0.3) is 0 Å². The van der Waals surface area contributed by atoms with Crippen molar-refractivity contribution in [2.24, 2.45) is 0 Å². The molecular weight excluding hydrogens is 529 g/mol. The van der Waals surface area contributed by atoms with Gasteiger partial charge in [-0.3, -0.25) is 9.69 Å². The lowest BCUT2D eigenvalue weighted by molar-refractivity contribution is -0.137. The molecule has 3 aromatic carbocycles. The summed E-state index contributed by atoms with van der Waals surface area (Å²) in [5.41, 5.74) is 2.77. The van der Waals surface area contributed by atoms with Gasteiger partial charge in [-0.05, 0) is 53.6 Å². The van der Waals surface area contributed by atoms with Gasteiger partial charge in [0.15, 0.2) is 0 Å². The first-order valence-electron chi connectivity index (χ1n) is 13.4. The molecule has 0 aliphatic carbocycles. The number of ether oxygens (including phenoxy) is 1. The molecule has 0 saturated carbocycles. The first-order chi connectivity index (χ1) is 19.7. The van der Waals surface area contributed by atoms with Gasteiger partial charge in [0, 0.05) is 57.9 Å². The van der Waals surface area contributed by atoms with Crippen molar-refractivity contribution >= 4 is 11.6 Å². The first-order valence-corrected chi connectivity index (χ1v) is 13.4. The van der Waals surface area contributed by atoms with E-state index >= 15 is 0 Å². The molecule has 4 aromatic rings. The zero-order valence-corrected chi connectivity index (χ0v) is 22.7. The molecule has 1 fully saturated rings. The number of halogens is 3. The van der Waals surface area contributed by atoms with Gasteiger partial charge >= 0.3 is 6.18 Å². The molecule has 5 rings (SSSR count). The number of hydrogen-bond donors (Lipinski definition) is 0. The van der Waals surface area contributed by atoms with Crippen molar-refractivity contribution in [3.8, 4) is 11.6 Å². The molecule has 0 radical (unpaired) electrons. The molecule has 6 nitrogen and oxygen atoms in total. The molecule has 2 heterocycles. The van der Waals surface area contributed by atoms with Crippen LogP contribution in [-0.2, 0) is 19.3 Å². The van der Waals surface area contributed by atoms with Crippen LogP contribution in [0.4, 0.5) is 18.9 Å². The first kappa shape index (κ1) is 28.2. The number of aromatic nitrogens is 1. The van der Waals surface area contributed by atoms with E-state index in [1.807, 2.05) is 41.1 Å². The molecule has 1 aliphatic heterocycles. The molecule has 0 N–H and O–H groups in total. The van der Waals surface area contributed by atoms with E-state index in [0.29, 0.717) is 36.8 Å². The molecule has 0 bridgehead atoms. The quantitative estimate of drug-likeness (QED) is 0.247. The largest absolute Gasteiger partial charge is 0.439 e. The van der Waals surface area contributed by atoms with Gasteiger partial charge in [0.1, 0.15) is 5.75 Å². The Labute approximate surface area is 237 Å². The van der Waals surface area contributed by atoms with Crippen LogP contribution in [0.1, 0.15) is 27.0 Å². The fourth-order valence-electron chi connectivity index (χ4n) is 4.74. The summed E-state index contributed by atoms with van der Waals surface area (Å²) in [4.78, 5) is 23.5. The van der Waals surface area contributed by atoms with E-state index in [1.54, 1.807) is 36.5 Å². The van der Waals surface area contributed by atoms with E-state index in [9.17, 15) is 18.0 Å². The lowest BCUT2D eigenvalue weighted by atomic mass is 10.1. The molecule has 41 heavy (non-hydrogen) atoms. The highest BCUT2D eigenvalue weighted by molar-refractivity contribution is 5.94. The van der Waals surface area contributed by atoms with Crippen LogP contribution in [-0.4, -0.2) is 53.9 Å².